The molecule has 0 amide bonds. The van der Waals surface area contributed by atoms with E-state index in [9.17, 15) is 19.0 Å². The van der Waals surface area contributed by atoms with E-state index in [1.54, 1.807) is 0 Å². The van der Waals surface area contributed by atoms with Crippen molar-refractivity contribution in [3.8, 4) is 35.4 Å². The van der Waals surface area contributed by atoms with Crippen LogP contribution in [-0.4, -0.2) is 87.3 Å². The number of hydrogen-bond acceptors (Lipinski definition) is 9. The number of benzene rings is 2. The van der Waals surface area contributed by atoms with Crippen molar-refractivity contribution in [2.45, 2.75) is 56.0 Å². The molecule has 12 heteroatoms. The van der Waals surface area contributed by atoms with Crippen molar-refractivity contribution in [1.82, 2.24) is 19.9 Å². The minimum atomic E-state index is -1.15. The average molecular weight is 632 g/mol. The van der Waals surface area contributed by atoms with Gasteiger partial charge in [-0.1, -0.05) is 12.0 Å². The second-order valence-corrected chi connectivity index (χ2v) is 12.8. The summed E-state index contributed by atoms with van der Waals surface area (Å²) < 4.78 is 58.5. The number of aromatic nitrogens is 3. The van der Waals surface area contributed by atoms with Gasteiger partial charge in [0.05, 0.1) is 40.9 Å². The Morgan fingerprint density at radius 3 is 2.85 bits per heavy atom. The molecule has 2 aromatic carbocycles. The molecule has 4 aliphatic heterocycles. The number of terminal acetylenes is 1. The molecule has 0 bridgehead atoms. The molecule has 4 aliphatic rings. The lowest BCUT2D eigenvalue weighted by molar-refractivity contribution is 0.103. The Hall–Kier alpha value is -4.18. The summed E-state index contributed by atoms with van der Waals surface area (Å²) in [5.41, 5.74) is -0.796. The van der Waals surface area contributed by atoms with Crippen molar-refractivity contribution in [2.75, 3.05) is 44.4 Å². The second-order valence-electron chi connectivity index (χ2n) is 12.8. The summed E-state index contributed by atoms with van der Waals surface area (Å²) in [4.78, 5) is 18.1. The van der Waals surface area contributed by atoms with Gasteiger partial charge in [0.15, 0.2) is 5.82 Å². The third-order valence-corrected chi connectivity index (χ3v) is 9.98. The SMILES string of the molecule is C#Cc1c(F)ccc2cc(O)cc(-c3nc4c5c(nc(OC[C@@]67CCCN6C[C@H](F)C7)nc5c3F)N3CCCOCC3C[C@@H]4O)c12. The molecule has 4 aromatic rings. The number of anilines is 1. The quantitative estimate of drug-likeness (QED) is 0.308. The maximum atomic E-state index is 17.0. The van der Waals surface area contributed by atoms with Gasteiger partial charge in [-0.25, -0.2) is 18.2 Å². The van der Waals surface area contributed by atoms with E-state index in [2.05, 4.69) is 20.8 Å². The maximum Gasteiger partial charge on any atom is 0.319 e. The van der Waals surface area contributed by atoms with Crippen LogP contribution in [0.15, 0.2) is 24.3 Å². The Morgan fingerprint density at radius 2 is 2.00 bits per heavy atom. The van der Waals surface area contributed by atoms with E-state index in [4.69, 9.17) is 20.9 Å². The number of phenols is 1. The molecule has 9 nitrogen and oxygen atoms in total. The largest absolute Gasteiger partial charge is 0.508 e. The van der Waals surface area contributed by atoms with Crippen LogP contribution in [0, 0.1) is 24.0 Å². The number of aliphatic hydroxyl groups is 1. The Kier molecular flexibility index (Phi) is 6.97. The number of ether oxygens (including phenoxy) is 2. The molecule has 8 rings (SSSR count). The van der Waals surface area contributed by atoms with Gasteiger partial charge in [-0.15, -0.1) is 6.42 Å². The number of aromatic hydroxyl groups is 1. The highest BCUT2D eigenvalue weighted by atomic mass is 19.1. The van der Waals surface area contributed by atoms with Crippen LogP contribution in [0.1, 0.15) is 49.5 Å². The van der Waals surface area contributed by atoms with Gasteiger partial charge in [-0.05, 0) is 49.4 Å². The molecular formula is C34H32F3N5O4. The zero-order valence-electron chi connectivity index (χ0n) is 25.0. The zero-order valence-corrected chi connectivity index (χ0v) is 25.0. The summed E-state index contributed by atoms with van der Waals surface area (Å²) in [6.07, 6.45) is 6.56. The van der Waals surface area contributed by atoms with Gasteiger partial charge in [0.1, 0.15) is 41.4 Å². The summed E-state index contributed by atoms with van der Waals surface area (Å²) in [5, 5.41) is 23.0. The molecule has 4 atom stereocenters. The number of phenolic OH excluding ortho intramolecular Hbond substituents is 1. The number of alkyl halides is 1. The van der Waals surface area contributed by atoms with E-state index in [-0.39, 0.29) is 69.6 Å². The first-order valence-electron chi connectivity index (χ1n) is 15.6. The van der Waals surface area contributed by atoms with Crippen LogP contribution in [0.4, 0.5) is 19.0 Å². The molecule has 0 radical (unpaired) electrons. The van der Waals surface area contributed by atoms with E-state index in [1.165, 1.54) is 24.3 Å². The standard InChI is InChI=1S/C34H32F3N5O4/c1-2-22-24(36)6-5-18-11-21(43)13-23(26(18)22)29-28(37)31-27-30(38-29)25(44)12-20-16-45-10-4-9-42(20)32(27)40-33(39-31)46-17-34-7-3-8-41(34)15-19(35)14-34/h1,5-6,11,13,19-20,25,43-44H,3-4,7-10,12,14-17H2/t19-,20?,25+,34+/m1/s1. The maximum absolute atomic E-state index is 17.0. The Bertz CT molecular complexity index is 1940. The minimum absolute atomic E-state index is 0.0514. The van der Waals surface area contributed by atoms with Crippen molar-refractivity contribution in [2.24, 2.45) is 0 Å². The zero-order chi connectivity index (χ0) is 31.7. The first-order valence-corrected chi connectivity index (χ1v) is 15.6. The molecule has 0 spiro atoms. The van der Waals surface area contributed by atoms with E-state index >= 15 is 4.39 Å². The smallest absolute Gasteiger partial charge is 0.319 e. The van der Waals surface area contributed by atoms with Crippen molar-refractivity contribution < 1.29 is 32.9 Å². The van der Waals surface area contributed by atoms with Gasteiger partial charge >= 0.3 is 6.01 Å². The molecule has 3 fully saturated rings. The molecular weight excluding hydrogens is 599 g/mol. The van der Waals surface area contributed by atoms with Crippen molar-refractivity contribution in [3.05, 3.63) is 47.2 Å². The molecule has 2 N–H and O–H groups in total. The van der Waals surface area contributed by atoms with Crippen LogP contribution in [0.25, 0.3) is 32.9 Å². The van der Waals surface area contributed by atoms with Crippen molar-refractivity contribution >= 4 is 27.5 Å². The lowest BCUT2D eigenvalue weighted by atomic mass is 9.95. The molecule has 238 valence electrons. The molecule has 1 unspecified atom stereocenters. The lowest BCUT2D eigenvalue weighted by Crippen LogP contribution is -2.43. The van der Waals surface area contributed by atoms with E-state index < -0.39 is 29.4 Å². The number of fused-ring (bicyclic) bond motifs is 4. The predicted octanol–water partition coefficient (Wildman–Crippen LogP) is 4.80. The lowest BCUT2D eigenvalue weighted by Gasteiger charge is -2.31. The number of nitrogens with zero attached hydrogens (tertiary/aromatic N) is 5. The number of aliphatic hydroxyl groups excluding tert-OH is 1. The molecule has 46 heavy (non-hydrogen) atoms. The Balaban J connectivity index is 1.35. The van der Waals surface area contributed by atoms with Gasteiger partial charge in [0, 0.05) is 43.5 Å². The van der Waals surface area contributed by atoms with Gasteiger partial charge in [0.25, 0.3) is 0 Å². The predicted molar refractivity (Wildman–Crippen MR) is 164 cm³/mol. The molecule has 0 aliphatic carbocycles. The van der Waals surface area contributed by atoms with Crippen LogP contribution in [0.5, 0.6) is 11.8 Å². The highest BCUT2D eigenvalue weighted by Gasteiger charge is 2.49. The normalized spacial score (nSPS) is 26.1. The van der Waals surface area contributed by atoms with Crippen LogP contribution < -0.4 is 9.64 Å². The number of halogens is 3. The summed E-state index contributed by atoms with van der Waals surface area (Å²) in [6, 6.07) is 4.95. The van der Waals surface area contributed by atoms with E-state index in [0.29, 0.717) is 50.3 Å². The summed E-state index contributed by atoms with van der Waals surface area (Å²) in [6.45, 7) is 2.66. The number of hydrogen-bond donors (Lipinski definition) is 2. The fourth-order valence-corrected chi connectivity index (χ4v) is 7.93. The monoisotopic (exact) mass is 631 g/mol. The van der Waals surface area contributed by atoms with E-state index in [0.717, 1.165) is 19.4 Å². The average Bonchev–Trinajstić information content (AvgIpc) is 3.42. The minimum Gasteiger partial charge on any atom is -0.508 e. The molecule has 2 aromatic heterocycles. The Morgan fingerprint density at radius 1 is 1.13 bits per heavy atom. The summed E-state index contributed by atoms with van der Waals surface area (Å²) >= 11 is 0. The summed E-state index contributed by atoms with van der Waals surface area (Å²) in [5.74, 6) is 0.966. The van der Waals surface area contributed by atoms with Crippen molar-refractivity contribution in [1.29, 1.82) is 0 Å². The molecule has 6 heterocycles. The topological polar surface area (TPSA) is 104 Å². The molecule has 0 saturated carbocycles. The van der Waals surface area contributed by atoms with Crippen molar-refractivity contribution in [3.63, 3.8) is 0 Å². The van der Waals surface area contributed by atoms with Gasteiger partial charge in [-0.2, -0.15) is 9.97 Å². The van der Waals surface area contributed by atoms with E-state index in [1.807, 2.05) is 4.90 Å². The van der Waals surface area contributed by atoms with Crippen LogP contribution in [0.3, 0.4) is 0 Å². The summed E-state index contributed by atoms with van der Waals surface area (Å²) in [7, 11) is 0. The van der Waals surface area contributed by atoms with Gasteiger partial charge < -0.3 is 24.6 Å². The first kappa shape index (κ1) is 29.2. The van der Waals surface area contributed by atoms with Gasteiger partial charge in [-0.3, -0.25) is 4.90 Å². The number of pyridine rings is 1. The third kappa shape index (κ3) is 4.55. The van der Waals surface area contributed by atoms with Crippen LogP contribution >= 0.6 is 0 Å². The fourth-order valence-electron chi connectivity index (χ4n) is 7.93. The number of rotatable bonds is 4. The molecule has 3 saturated heterocycles. The fraction of sp³-hybridized carbons (Fsp3) is 0.441. The highest BCUT2D eigenvalue weighted by Crippen LogP contribution is 2.45. The van der Waals surface area contributed by atoms with Crippen LogP contribution in [-0.2, 0) is 4.74 Å². The highest BCUT2D eigenvalue weighted by molar-refractivity contribution is 6.03. The van der Waals surface area contributed by atoms with Gasteiger partial charge in [0.2, 0.25) is 0 Å². The first-order chi connectivity index (χ1) is 22.3. The Labute approximate surface area is 263 Å². The second kappa shape index (κ2) is 11.0. The van der Waals surface area contributed by atoms with Crippen LogP contribution in [0.2, 0.25) is 0 Å². The third-order valence-electron chi connectivity index (χ3n) is 9.98.